The molecule has 1 atom stereocenters. The molecule has 0 unspecified atom stereocenters. The minimum Gasteiger partial charge on any atom is -0.396 e. The molecule has 2 fully saturated rings. The number of rotatable bonds is 6. The van der Waals surface area contributed by atoms with Gasteiger partial charge in [-0.1, -0.05) is 13.8 Å². The average molecular weight is 297 g/mol. The number of carbonyl (C=O) groups is 1. The van der Waals surface area contributed by atoms with Gasteiger partial charge in [-0.2, -0.15) is 0 Å². The average Bonchev–Trinajstić information content (AvgIpc) is 3.13. The van der Waals surface area contributed by atoms with Crippen molar-refractivity contribution in [2.45, 2.75) is 52.0 Å². The second kappa shape index (κ2) is 7.45. The van der Waals surface area contributed by atoms with Crippen LogP contribution in [0.2, 0.25) is 0 Å². The van der Waals surface area contributed by atoms with E-state index in [4.69, 9.17) is 0 Å². The summed E-state index contributed by atoms with van der Waals surface area (Å²) >= 11 is 0. The predicted molar refractivity (Wildman–Crippen MR) is 84.3 cm³/mol. The summed E-state index contributed by atoms with van der Waals surface area (Å²) in [7, 11) is 0. The summed E-state index contributed by atoms with van der Waals surface area (Å²) in [5.74, 6) is 0. The second-order valence-corrected chi connectivity index (χ2v) is 7.29. The lowest BCUT2D eigenvalue weighted by atomic mass is 9.89. The molecule has 0 spiro atoms. The molecule has 0 aromatic rings. The summed E-state index contributed by atoms with van der Waals surface area (Å²) in [4.78, 5) is 16.6. The first-order chi connectivity index (χ1) is 10.0. The third-order valence-electron chi connectivity index (χ3n) is 4.84. The largest absolute Gasteiger partial charge is 0.396 e. The van der Waals surface area contributed by atoms with Crippen molar-refractivity contribution < 1.29 is 9.90 Å². The Morgan fingerprint density at radius 1 is 1.29 bits per heavy atom. The van der Waals surface area contributed by atoms with Gasteiger partial charge in [0.15, 0.2) is 0 Å². The Morgan fingerprint density at radius 2 is 2.00 bits per heavy atom. The first-order valence-corrected chi connectivity index (χ1v) is 8.39. The Kier molecular flexibility index (Phi) is 5.88. The molecule has 0 aromatic carbocycles. The third-order valence-corrected chi connectivity index (χ3v) is 4.84. The van der Waals surface area contributed by atoms with E-state index in [-0.39, 0.29) is 18.1 Å². The molecule has 21 heavy (non-hydrogen) atoms. The summed E-state index contributed by atoms with van der Waals surface area (Å²) in [6, 6.07) is 0.657. The molecule has 2 aliphatic heterocycles. The van der Waals surface area contributed by atoms with E-state index in [9.17, 15) is 9.90 Å². The molecule has 0 bridgehead atoms. The van der Waals surface area contributed by atoms with Gasteiger partial charge in [0.2, 0.25) is 0 Å². The van der Waals surface area contributed by atoms with Crippen LogP contribution in [-0.4, -0.2) is 66.3 Å². The quantitative estimate of drug-likeness (QED) is 0.733. The number of nitrogens with zero attached hydrogens (tertiary/aromatic N) is 2. The monoisotopic (exact) mass is 297 g/mol. The number of hydrogen-bond acceptors (Lipinski definition) is 3. The molecule has 5 heteroatoms. The highest BCUT2D eigenvalue weighted by Crippen LogP contribution is 2.21. The molecule has 2 aliphatic rings. The number of aliphatic hydroxyl groups excluding tert-OH is 1. The zero-order chi connectivity index (χ0) is 15.3. The van der Waals surface area contributed by atoms with Gasteiger partial charge < -0.3 is 15.3 Å². The van der Waals surface area contributed by atoms with Crippen molar-refractivity contribution in [3.8, 4) is 0 Å². The fourth-order valence-corrected chi connectivity index (χ4v) is 3.28. The van der Waals surface area contributed by atoms with Crippen LogP contribution in [0.5, 0.6) is 0 Å². The van der Waals surface area contributed by atoms with E-state index in [2.05, 4.69) is 24.1 Å². The summed E-state index contributed by atoms with van der Waals surface area (Å²) in [6.45, 7) is 9.18. The molecule has 0 aromatic heterocycles. The minimum absolute atomic E-state index is 0.0424. The van der Waals surface area contributed by atoms with Gasteiger partial charge in [-0.05, 0) is 50.6 Å². The topological polar surface area (TPSA) is 55.8 Å². The number of nitrogens with one attached hydrogen (secondary N) is 1. The van der Waals surface area contributed by atoms with Crippen LogP contribution >= 0.6 is 0 Å². The van der Waals surface area contributed by atoms with Gasteiger partial charge >= 0.3 is 6.03 Å². The normalized spacial score (nSPS) is 23.8. The van der Waals surface area contributed by atoms with Crippen LogP contribution in [0.3, 0.4) is 0 Å². The van der Waals surface area contributed by atoms with Gasteiger partial charge in [-0.25, -0.2) is 4.79 Å². The van der Waals surface area contributed by atoms with Gasteiger partial charge in [0.05, 0.1) is 0 Å². The van der Waals surface area contributed by atoms with E-state index in [0.717, 1.165) is 32.4 Å². The van der Waals surface area contributed by atoms with Crippen LogP contribution in [0.4, 0.5) is 4.79 Å². The predicted octanol–water partition coefficient (Wildman–Crippen LogP) is 1.66. The maximum atomic E-state index is 12.1. The standard InChI is InChI=1S/C16H31N3O2/c1-16(2,13-20)7-5-8-17-15(21)19-11-6-14(12-19)18-9-3-4-10-18/h14,20H,3-13H2,1-2H3,(H,17,21)/t14-/m0/s1. The minimum atomic E-state index is -0.0424. The summed E-state index contributed by atoms with van der Waals surface area (Å²) < 4.78 is 0. The first-order valence-electron chi connectivity index (χ1n) is 8.39. The van der Waals surface area contributed by atoms with Gasteiger partial charge in [0, 0.05) is 32.3 Å². The van der Waals surface area contributed by atoms with Crippen LogP contribution in [0.15, 0.2) is 0 Å². The number of likely N-dealkylation sites (tertiary alicyclic amines) is 2. The van der Waals surface area contributed by atoms with E-state index >= 15 is 0 Å². The number of carbonyl (C=O) groups excluding carboxylic acids is 1. The zero-order valence-corrected chi connectivity index (χ0v) is 13.6. The molecule has 2 N–H and O–H groups in total. The number of aliphatic hydroxyl groups is 1. The Morgan fingerprint density at radius 3 is 2.67 bits per heavy atom. The fourth-order valence-electron chi connectivity index (χ4n) is 3.28. The van der Waals surface area contributed by atoms with E-state index in [0.29, 0.717) is 12.6 Å². The Hall–Kier alpha value is -0.810. The Balaban J connectivity index is 1.63. The van der Waals surface area contributed by atoms with Gasteiger partial charge in [0.25, 0.3) is 0 Å². The number of hydrogen-bond donors (Lipinski definition) is 2. The van der Waals surface area contributed by atoms with Crippen molar-refractivity contribution in [1.29, 1.82) is 0 Å². The van der Waals surface area contributed by atoms with Crippen molar-refractivity contribution in [1.82, 2.24) is 15.1 Å². The lowest BCUT2D eigenvalue weighted by Gasteiger charge is -2.24. The molecule has 2 rings (SSSR count). The van der Waals surface area contributed by atoms with E-state index < -0.39 is 0 Å². The van der Waals surface area contributed by atoms with Crippen molar-refractivity contribution >= 4 is 6.03 Å². The van der Waals surface area contributed by atoms with Crippen LogP contribution < -0.4 is 5.32 Å². The second-order valence-electron chi connectivity index (χ2n) is 7.29. The smallest absolute Gasteiger partial charge is 0.317 e. The number of urea groups is 1. The molecular weight excluding hydrogens is 266 g/mol. The molecule has 0 radical (unpaired) electrons. The molecule has 2 saturated heterocycles. The highest BCUT2D eigenvalue weighted by molar-refractivity contribution is 5.74. The van der Waals surface area contributed by atoms with Crippen LogP contribution in [0, 0.1) is 5.41 Å². The Labute approximate surface area is 128 Å². The van der Waals surface area contributed by atoms with Gasteiger partial charge in [0.1, 0.15) is 0 Å². The summed E-state index contributed by atoms with van der Waals surface area (Å²) in [5.41, 5.74) is -0.0424. The maximum Gasteiger partial charge on any atom is 0.317 e. The first kappa shape index (κ1) is 16.6. The molecular formula is C16H31N3O2. The SMILES string of the molecule is CC(C)(CO)CCCNC(=O)N1CC[C@H](N2CCCC2)C1. The van der Waals surface area contributed by atoms with Gasteiger partial charge in [-0.15, -0.1) is 0 Å². The highest BCUT2D eigenvalue weighted by Gasteiger charge is 2.31. The van der Waals surface area contributed by atoms with E-state index in [1.165, 1.54) is 25.9 Å². The van der Waals surface area contributed by atoms with Crippen molar-refractivity contribution in [3.05, 3.63) is 0 Å². The third kappa shape index (κ3) is 4.85. The molecule has 0 aliphatic carbocycles. The fraction of sp³-hybridized carbons (Fsp3) is 0.938. The molecule has 122 valence electrons. The number of amides is 2. The summed E-state index contributed by atoms with van der Waals surface area (Å²) in [6.07, 6.45) is 5.58. The Bertz CT molecular complexity index is 340. The highest BCUT2D eigenvalue weighted by atomic mass is 16.3. The van der Waals surface area contributed by atoms with E-state index in [1.807, 2.05) is 4.90 Å². The van der Waals surface area contributed by atoms with Crippen LogP contribution in [0.25, 0.3) is 0 Å². The maximum absolute atomic E-state index is 12.1. The molecule has 0 saturated carbocycles. The lowest BCUT2D eigenvalue weighted by Crippen LogP contribution is -2.42. The molecule has 2 heterocycles. The lowest BCUT2D eigenvalue weighted by molar-refractivity contribution is 0.147. The molecule has 5 nitrogen and oxygen atoms in total. The van der Waals surface area contributed by atoms with E-state index in [1.54, 1.807) is 0 Å². The summed E-state index contributed by atoms with van der Waals surface area (Å²) in [5, 5.41) is 12.2. The van der Waals surface area contributed by atoms with Crippen molar-refractivity contribution in [2.75, 3.05) is 39.3 Å². The zero-order valence-electron chi connectivity index (χ0n) is 13.6. The molecule has 2 amide bonds. The van der Waals surface area contributed by atoms with Crippen LogP contribution in [0.1, 0.15) is 46.0 Å². The van der Waals surface area contributed by atoms with Gasteiger partial charge in [-0.3, -0.25) is 4.90 Å². The van der Waals surface area contributed by atoms with Crippen molar-refractivity contribution in [3.63, 3.8) is 0 Å². The van der Waals surface area contributed by atoms with Crippen LogP contribution in [-0.2, 0) is 0 Å². The van der Waals surface area contributed by atoms with Crippen molar-refractivity contribution in [2.24, 2.45) is 5.41 Å².